The largest absolute Gasteiger partial charge is 0.280 e. The number of benzene rings is 2. The molecule has 0 unspecified atom stereocenters. The standard InChI is InChI=1S/C20H20FN3O2/c1-13(2)11-18-22-17-6-4-3-5-16(17)20(26)24(18)23-19(25)12-14-7-9-15(21)10-8-14/h3-10,13H,11-12H2,1-2H3,(H,23,25). The van der Waals surface area contributed by atoms with Crippen molar-refractivity contribution in [3.05, 3.63) is 76.1 Å². The number of nitrogens with one attached hydrogen (secondary N) is 1. The lowest BCUT2D eigenvalue weighted by molar-refractivity contribution is -0.116. The fraction of sp³-hybridized carbons (Fsp3) is 0.250. The van der Waals surface area contributed by atoms with E-state index in [0.717, 1.165) is 0 Å². The number of carbonyl (C=O) groups excluding carboxylic acids is 1. The first-order chi connectivity index (χ1) is 12.4. The van der Waals surface area contributed by atoms with Crippen molar-refractivity contribution in [2.45, 2.75) is 26.7 Å². The van der Waals surface area contributed by atoms with Crippen LogP contribution in [0.4, 0.5) is 4.39 Å². The zero-order valence-corrected chi connectivity index (χ0v) is 14.7. The minimum absolute atomic E-state index is 0.0423. The third-order valence-electron chi connectivity index (χ3n) is 3.95. The van der Waals surface area contributed by atoms with Crippen LogP contribution in [0.5, 0.6) is 0 Å². The van der Waals surface area contributed by atoms with Crippen LogP contribution in [-0.2, 0) is 17.6 Å². The van der Waals surface area contributed by atoms with Gasteiger partial charge in [0, 0.05) is 6.42 Å². The predicted molar refractivity (Wildman–Crippen MR) is 99.0 cm³/mol. The molecule has 0 radical (unpaired) electrons. The fourth-order valence-corrected chi connectivity index (χ4v) is 2.75. The number of nitrogens with zero attached hydrogens (tertiary/aromatic N) is 2. The topological polar surface area (TPSA) is 64.0 Å². The van der Waals surface area contributed by atoms with Crippen molar-refractivity contribution in [1.82, 2.24) is 9.66 Å². The Labute approximate surface area is 150 Å². The van der Waals surface area contributed by atoms with Crippen molar-refractivity contribution in [2.24, 2.45) is 5.92 Å². The summed E-state index contributed by atoms with van der Waals surface area (Å²) in [6.07, 6.45) is 0.595. The number of carbonyl (C=O) groups is 1. The molecule has 0 fully saturated rings. The summed E-state index contributed by atoms with van der Waals surface area (Å²) in [5.74, 6) is 0.0589. The average molecular weight is 353 g/mol. The SMILES string of the molecule is CC(C)Cc1nc2ccccc2c(=O)n1NC(=O)Cc1ccc(F)cc1. The maximum absolute atomic E-state index is 13.0. The van der Waals surface area contributed by atoms with Crippen LogP contribution in [-0.4, -0.2) is 15.6 Å². The molecule has 26 heavy (non-hydrogen) atoms. The van der Waals surface area contributed by atoms with Crippen LogP contribution in [0.15, 0.2) is 53.3 Å². The summed E-state index contributed by atoms with van der Waals surface area (Å²) in [6, 6.07) is 12.8. The minimum atomic E-state index is -0.360. The third-order valence-corrected chi connectivity index (χ3v) is 3.95. The van der Waals surface area contributed by atoms with Gasteiger partial charge in [0.1, 0.15) is 11.6 Å². The van der Waals surface area contributed by atoms with Crippen LogP contribution in [0.2, 0.25) is 0 Å². The molecule has 0 spiro atoms. The number of amides is 1. The number of hydrogen-bond acceptors (Lipinski definition) is 3. The molecule has 6 heteroatoms. The van der Waals surface area contributed by atoms with E-state index >= 15 is 0 Å². The zero-order valence-electron chi connectivity index (χ0n) is 14.7. The highest BCUT2D eigenvalue weighted by Crippen LogP contribution is 2.11. The number of rotatable bonds is 5. The van der Waals surface area contributed by atoms with Gasteiger partial charge in [0.05, 0.1) is 17.3 Å². The molecule has 0 bridgehead atoms. The van der Waals surface area contributed by atoms with Gasteiger partial charge in [0.25, 0.3) is 5.56 Å². The second-order valence-electron chi connectivity index (χ2n) is 6.62. The Morgan fingerprint density at radius 2 is 1.85 bits per heavy atom. The van der Waals surface area contributed by atoms with Gasteiger partial charge in [-0.15, -0.1) is 0 Å². The highest BCUT2D eigenvalue weighted by molar-refractivity contribution is 5.86. The monoisotopic (exact) mass is 353 g/mol. The van der Waals surface area contributed by atoms with Crippen molar-refractivity contribution < 1.29 is 9.18 Å². The van der Waals surface area contributed by atoms with Gasteiger partial charge in [-0.25, -0.2) is 14.1 Å². The van der Waals surface area contributed by atoms with E-state index in [0.29, 0.717) is 28.7 Å². The number of hydrogen-bond donors (Lipinski definition) is 1. The maximum Gasteiger partial charge on any atom is 0.280 e. The summed E-state index contributed by atoms with van der Waals surface area (Å²) in [4.78, 5) is 29.8. The Balaban J connectivity index is 1.94. The van der Waals surface area contributed by atoms with E-state index in [2.05, 4.69) is 10.4 Å². The first kappa shape index (κ1) is 17.8. The van der Waals surface area contributed by atoms with Crippen LogP contribution in [0.3, 0.4) is 0 Å². The van der Waals surface area contributed by atoms with Crippen molar-refractivity contribution in [2.75, 3.05) is 5.43 Å². The summed E-state index contributed by atoms with van der Waals surface area (Å²) >= 11 is 0. The summed E-state index contributed by atoms with van der Waals surface area (Å²) in [6.45, 7) is 4.04. The summed E-state index contributed by atoms with van der Waals surface area (Å²) in [5, 5.41) is 0.446. The summed E-state index contributed by atoms with van der Waals surface area (Å²) in [5.41, 5.74) is 3.61. The average Bonchev–Trinajstić information content (AvgIpc) is 2.60. The van der Waals surface area contributed by atoms with Gasteiger partial charge in [0.15, 0.2) is 0 Å². The van der Waals surface area contributed by atoms with Crippen LogP contribution in [0, 0.1) is 11.7 Å². The lowest BCUT2D eigenvalue weighted by Crippen LogP contribution is -2.37. The Morgan fingerprint density at radius 1 is 1.15 bits per heavy atom. The van der Waals surface area contributed by atoms with E-state index < -0.39 is 0 Å². The highest BCUT2D eigenvalue weighted by atomic mass is 19.1. The van der Waals surface area contributed by atoms with Gasteiger partial charge in [-0.3, -0.25) is 15.0 Å². The number of fused-ring (bicyclic) bond motifs is 1. The Morgan fingerprint density at radius 3 is 2.54 bits per heavy atom. The first-order valence-corrected chi connectivity index (χ1v) is 8.49. The maximum atomic E-state index is 13.0. The third kappa shape index (κ3) is 3.96. The van der Waals surface area contributed by atoms with Crippen molar-refractivity contribution in [3.8, 4) is 0 Å². The number of halogens is 1. The van der Waals surface area contributed by atoms with Crippen molar-refractivity contribution in [1.29, 1.82) is 0 Å². The van der Waals surface area contributed by atoms with E-state index in [-0.39, 0.29) is 29.6 Å². The van der Waals surface area contributed by atoms with E-state index in [9.17, 15) is 14.0 Å². The quantitative estimate of drug-likeness (QED) is 0.767. The molecular weight excluding hydrogens is 333 g/mol. The normalized spacial score (nSPS) is 11.1. The first-order valence-electron chi connectivity index (χ1n) is 8.49. The van der Waals surface area contributed by atoms with E-state index in [4.69, 9.17) is 0 Å². The van der Waals surface area contributed by atoms with Gasteiger partial charge in [-0.05, 0) is 35.7 Å². The second kappa shape index (κ2) is 7.47. The molecule has 1 amide bonds. The minimum Gasteiger partial charge on any atom is -0.273 e. The molecule has 0 aliphatic carbocycles. The Hall–Kier alpha value is -3.02. The molecule has 0 atom stereocenters. The van der Waals surface area contributed by atoms with Crippen molar-refractivity contribution >= 4 is 16.8 Å². The molecule has 2 aromatic carbocycles. The van der Waals surface area contributed by atoms with Gasteiger partial charge in [-0.1, -0.05) is 38.1 Å². The summed E-state index contributed by atoms with van der Waals surface area (Å²) < 4.78 is 14.2. The van der Waals surface area contributed by atoms with Gasteiger partial charge in [0.2, 0.25) is 5.91 Å². The lowest BCUT2D eigenvalue weighted by Gasteiger charge is -2.15. The lowest BCUT2D eigenvalue weighted by atomic mass is 10.1. The molecule has 0 aliphatic rings. The molecular formula is C20H20FN3O2. The summed E-state index contributed by atoms with van der Waals surface area (Å²) in [7, 11) is 0. The smallest absolute Gasteiger partial charge is 0.273 e. The molecule has 1 N–H and O–H groups in total. The molecule has 5 nitrogen and oxygen atoms in total. The van der Waals surface area contributed by atoms with Gasteiger partial charge in [-0.2, -0.15) is 0 Å². The second-order valence-corrected chi connectivity index (χ2v) is 6.62. The van der Waals surface area contributed by atoms with Crippen LogP contribution in [0.25, 0.3) is 10.9 Å². The molecule has 3 aromatic rings. The van der Waals surface area contributed by atoms with E-state index in [1.54, 1.807) is 30.3 Å². The van der Waals surface area contributed by atoms with Gasteiger partial charge >= 0.3 is 0 Å². The molecule has 1 heterocycles. The van der Waals surface area contributed by atoms with Crippen LogP contribution < -0.4 is 11.0 Å². The molecule has 0 saturated heterocycles. The molecule has 3 rings (SSSR count). The Bertz CT molecular complexity index is 994. The highest BCUT2D eigenvalue weighted by Gasteiger charge is 2.14. The Kier molecular flexibility index (Phi) is 5.11. The van der Waals surface area contributed by atoms with Gasteiger partial charge < -0.3 is 0 Å². The van der Waals surface area contributed by atoms with Crippen molar-refractivity contribution in [3.63, 3.8) is 0 Å². The number of aromatic nitrogens is 2. The molecule has 0 aliphatic heterocycles. The van der Waals surface area contributed by atoms with E-state index in [1.165, 1.54) is 16.8 Å². The molecule has 0 saturated carbocycles. The molecule has 134 valence electrons. The fourth-order valence-electron chi connectivity index (χ4n) is 2.75. The van der Waals surface area contributed by atoms with E-state index in [1.807, 2.05) is 19.9 Å². The molecule has 1 aromatic heterocycles. The van der Waals surface area contributed by atoms with Crippen LogP contribution in [0.1, 0.15) is 25.2 Å². The van der Waals surface area contributed by atoms with Crippen LogP contribution >= 0.6 is 0 Å². The predicted octanol–water partition coefficient (Wildman–Crippen LogP) is 3.05. The zero-order chi connectivity index (χ0) is 18.7. The number of para-hydroxylation sites is 1.